The van der Waals surface area contributed by atoms with Crippen LogP contribution in [0.1, 0.15) is 48.9 Å². The molecule has 1 aliphatic rings. The van der Waals surface area contributed by atoms with Crippen molar-refractivity contribution < 1.29 is 9.59 Å². The smallest absolute Gasteiger partial charge is 0.313 e. The number of fused-ring (bicyclic) bond motifs is 1. The second-order valence-corrected chi connectivity index (χ2v) is 7.07. The van der Waals surface area contributed by atoms with E-state index in [1.54, 1.807) is 24.3 Å². The van der Waals surface area contributed by atoms with Gasteiger partial charge in [0.15, 0.2) is 0 Å². The lowest BCUT2D eigenvalue weighted by Crippen LogP contribution is -2.37. The molecule has 2 aromatic carbocycles. The summed E-state index contributed by atoms with van der Waals surface area (Å²) in [6, 6.07) is 12.9. The maximum Gasteiger partial charge on any atom is 0.313 e. The molecule has 1 aliphatic carbocycles. The predicted octanol–water partition coefficient (Wildman–Crippen LogP) is 4.42. The SMILES string of the molecule is CCC(NC(=O)C(=O)Nc1cccc(Cl)c1)c1ccc2c(c1)CCCC2. The van der Waals surface area contributed by atoms with E-state index in [1.165, 1.54) is 24.0 Å². The van der Waals surface area contributed by atoms with Crippen molar-refractivity contribution >= 4 is 29.1 Å². The number of hydrogen-bond donors (Lipinski definition) is 2. The Kier molecular flexibility index (Phi) is 5.94. The molecule has 26 heavy (non-hydrogen) atoms. The fourth-order valence-electron chi connectivity index (χ4n) is 3.37. The molecule has 5 heteroatoms. The number of benzene rings is 2. The van der Waals surface area contributed by atoms with Crippen LogP contribution in [0.2, 0.25) is 5.02 Å². The van der Waals surface area contributed by atoms with Gasteiger partial charge in [0.25, 0.3) is 0 Å². The van der Waals surface area contributed by atoms with E-state index in [-0.39, 0.29) is 6.04 Å². The summed E-state index contributed by atoms with van der Waals surface area (Å²) in [6.45, 7) is 2.00. The van der Waals surface area contributed by atoms with E-state index in [2.05, 4.69) is 28.8 Å². The minimum absolute atomic E-state index is 0.181. The van der Waals surface area contributed by atoms with Gasteiger partial charge in [-0.15, -0.1) is 0 Å². The molecule has 0 bridgehead atoms. The molecule has 0 radical (unpaired) electrons. The second kappa shape index (κ2) is 8.37. The highest BCUT2D eigenvalue weighted by Gasteiger charge is 2.20. The molecule has 0 spiro atoms. The van der Waals surface area contributed by atoms with Crippen molar-refractivity contribution in [3.63, 3.8) is 0 Å². The summed E-state index contributed by atoms with van der Waals surface area (Å²) in [6.07, 6.45) is 5.38. The van der Waals surface area contributed by atoms with E-state index in [0.717, 1.165) is 24.8 Å². The lowest BCUT2D eigenvalue weighted by atomic mass is 9.89. The van der Waals surface area contributed by atoms with Gasteiger partial charge in [0, 0.05) is 10.7 Å². The van der Waals surface area contributed by atoms with Crippen LogP contribution in [0.15, 0.2) is 42.5 Å². The van der Waals surface area contributed by atoms with Gasteiger partial charge in [-0.1, -0.05) is 42.8 Å². The molecular formula is C21H23ClN2O2. The fourth-order valence-corrected chi connectivity index (χ4v) is 3.56. The average molecular weight is 371 g/mol. The van der Waals surface area contributed by atoms with Gasteiger partial charge in [0.2, 0.25) is 0 Å². The summed E-state index contributed by atoms with van der Waals surface area (Å²) >= 11 is 5.90. The number of carbonyl (C=O) groups excluding carboxylic acids is 2. The Labute approximate surface area is 158 Å². The molecule has 0 saturated carbocycles. The standard InChI is InChI=1S/C21H23ClN2O2/c1-2-19(16-11-10-14-6-3-4-7-15(14)12-16)24-21(26)20(25)23-18-9-5-8-17(22)13-18/h5,8-13,19H,2-4,6-7H2,1H3,(H,23,25)(H,24,26). The van der Waals surface area contributed by atoms with Crippen LogP contribution in [0.5, 0.6) is 0 Å². The lowest BCUT2D eigenvalue weighted by molar-refractivity contribution is -0.136. The molecule has 1 unspecified atom stereocenters. The Morgan fingerprint density at radius 1 is 1.04 bits per heavy atom. The van der Waals surface area contributed by atoms with Crippen LogP contribution in [0.4, 0.5) is 5.69 Å². The molecule has 2 amide bonds. The molecule has 0 saturated heterocycles. The predicted molar refractivity (Wildman–Crippen MR) is 104 cm³/mol. The van der Waals surface area contributed by atoms with Crippen molar-refractivity contribution in [2.45, 2.75) is 45.1 Å². The zero-order chi connectivity index (χ0) is 18.5. The normalized spacial score (nSPS) is 14.2. The van der Waals surface area contributed by atoms with Crippen LogP contribution < -0.4 is 10.6 Å². The molecule has 1 atom stereocenters. The zero-order valence-corrected chi connectivity index (χ0v) is 15.6. The summed E-state index contributed by atoms with van der Waals surface area (Å²) in [5.41, 5.74) is 4.32. The van der Waals surface area contributed by atoms with Gasteiger partial charge in [0.05, 0.1) is 6.04 Å². The Balaban J connectivity index is 1.67. The van der Waals surface area contributed by atoms with Crippen molar-refractivity contribution in [2.75, 3.05) is 5.32 Å². The van der Waals surface area contributed by atoms with E-state index in [0.29, 0.717) is 10.7 Å². The Bertz CT molecular complexity index is 819. The van der Waals surface area contributed by atoms with Crippen molar-refractivity contribution in [3.05, 3.63) is 64.2 Å². The van der Waals surface area contributed by atoms with Crippen LogP contribution in [0.3, 0.4) is 0 Å². The summed E-state index contributed by atoms with van der Waals surface area (Å²) in [5.74, 6) is -1.33. The van der Waals surface area contributed by atoms with Gasteiger partial charge in [-0.2, -0.15) is 0 Å². The monoisotopic (exact) mass is 370 g/mol. The van der Waals surface area contributed by atoms with Crippen LogP contribution in [0.25, 0.3) is 0 Å². The third-order valence-electron chi connectivity index (χ3n) is 4.78. The highest BCUT2D eigenvalue weighted by molar-refractivity contribution is 6.40. The van der Waals surface area contributed by atoms with Crippen LogP contribution in [0, 0.1) is 0 Å². The zero-order valence-electron chi connectivity index (χ0n) is 14.8. The topological polar surface area (TPSA) is 58.2 Å². The third-order valence-corrected chi connectivity index (χ3v) is 5.01. The Morgan fingerprint density at radius 3 is 2.54 bits per heavy atom. The van der Waals surface area contributed by atoms with Crippen LogP contribution in [-0.4, -0.2) is 11.8 Å². The first-order valence-corrected chi connectivity index (χ1v) is 9.43. The third kappa shape index (κ3) is 4.44. The van der Waals surface area contributed by atoms with Crippen LogP contribution >= 0.6 is 11.6 Å². The highest BCUT2D eigenvalue weighted by Crippen LogP contribution is 2.26. The summed E-state index contributed by atoms with van der Waals surface area (Å²) in [4.78, 5) is 24.5. The lowest BCUT2D eigenvalue weighted by Gasteiger charge is -2.21. The minimum Gasteiger partial charge on any atom is -0.341 e. The summed E-state index contributed by atoms with van der Waals surface area (Å²) < 4.78 is 0. The molecule has 0 aliphatic heterocycles. The molecule has 3 rings (SSSR count). The van der Waals surface area contributed by atoms with Gasteiger partial charge < -0.3 is 10.6 Å². The van der Waals surface area contributed by atoms with Gasteiger partial charge >= 0.3 is 11.8 Å². The number of aryl methyl sites for hydroxylation is 2. The fraction of sp³-hybridized carbons (Fsp3) is 0.333. The van der Waals surface area contributed by atoms with Gasteiger partial charge in [-0.3, -0.25) is 9.59 Å². The van der Waals surface area contributed by atoms with E-state index < -0.39 is 11.8 Å². The largest absolute Gasteiger partial charge is 0.341 e. The number of amides is 2. The molecule has 0 aromatic heterocycles. The number of rotatable bonds is 4. The maximum atomic E-state index is 12.3. The number of carbonyl (C=O) groups is 2. The number of hydrogen-bond acceptors (Lipinski definition) is 2. The Hall–Kier alpha value is -2.33. The van der Waals surface area contributed by atoms with Crippen molar-refractivity contribution in [1.82, 2.24) is 5.32 Å². The minimum atomic E-state index is -0.691. The highest BCUT2D eigenvalue weighted by atomic mass is 35.5. The van der Waals surface area contributed by atoms with E-state index in [9.17, 15) is 9.59 Å². The molecule has 4 nitrogen and oxygen atoms in total. The molecule has 2 N–H and O–H groups in total. The van der Waals surface area contributed by atoms with Gasteiger partial charge in [-0.05, 0) is 67.0 Å². The van der Waals surface area contributed by atoms with Gasteiger partial charge in [0.1, 0.15) is 0 Å². The molecule has 136 valence electrons. The van der Waals surface area contributed by atoms with Crippen molar-refractivity contribution in [1.29, 1.82) is 0 Å². The first-order valence-electron chi connectivity index (χ1n) is 9.06. The number of halogens is 1. The van der Waals surface area contributed by atoms with Gasteiger partial charge in [-0.25, -0.2) is 0 Å². The van der Waals surface area contributed by atoms with E-state index >= 15 is 0 Å². The summed E-state index contributed by atoms with van der Waals surface area (Å²) in [7, 11) is 0. The number of anilines is 1. The number of nitrogens with one attached hydrogen (secondary N) is 2. The van der Waals surface area contributed by atoms with E-state index in [4.69, 9.17) is 11.6 Å². The van der Waals surface area contributed by atoms with Crippen molar-refractivity contribution in [2.24, 2.45) is 0 Å². The maximum absolute atomic E-state index is 12.3. The second-order valence-electron chi connectivity index (χ2n) is 6.63. The molecule has 0 heterocycles. The summed E-state index contributed by atoms with van der Waals surface area (Å²) in [5, 5.41) is 5.92. The molecular weight excluding hydrogens is 348 g/mol. The molecule has 2 aromatic rings. The first kappa shape index (κ1) is 18.5. The quantitative estimate of drug-likeness (QED) is 0.782. The van der Waals surface area contributed by atoms with Crippen LogP contribution in [-0.2, 0) is 22.4 Å². The van der Waals surface area contributed by atoms with Crippen molar-refractivity contribution in [3.8, 4) is 0 Å². The van der Waals surface area contributed by atoms with E-state index in [1.807, 2.05) is 6.92 Å². The average Bonchev–Trinajstić information content (AvgIpc) is 2.65. The Morgan fingerprint density at radius 2 is 1.81 bits per heavy atom. The molecule has 0 fully saturated rings. The first-order chi connectivity index (χ1) is 12.6.